The van der Waals surface area contributed by atoms with Gasteiger partial charge in [0.2, 0.25) is 0 Å². The number of morpholine rings is 1. The summed E-state index contributed by atoms with van der Waals surface area (Å²) in [5.74, 6) is 1.25. The highest BCUT2D eigenvalue weighted by Gasteiger charge is 2.28. The SMILES string of the molecule is Cn1ccc2c(-c3ncc(Nc4ccc(N5CCCC(CN6CCOCC6)C5)cn4)c4c3CNC4=O)ccnc21. The molecule has 40 heavy (non-hydrogen) atoms. The van der Waals surface area contributed by atoms with Crippen molar-refractivity contribution in [1.29, 1.82) is 0 Å². The summed E-state index contributed by atoms with van der Waals surface area (Å²) in [5.41, 5.74) is 5.98. The molecule has 1 unspecified atom stereocenters. The fourth-order valence-electron chi connectivity index (χ4n) is 6.32. The molecule has 10 heteroatoms. The van der Waals surface area contributed by atoms with Crippen LogP contribution in [0.3, 0.4) is 0 Å². The Labute approximate surface area is 233 Å². The average Bonchev–Trinajstić information content (AvgIpc) is 3.57. The van der Waals surface area contributed by atoms with Gasteiger partial charge in [0.15, 0.2) is 0 Å². The molecule has 2 fully saturated rings. The van der Waals surface area contributed by atoms with Crippen LogP contribution in [0.4, 0.5) is 17.2 Å². The van der Waals surface area contributed by atoms with Crippen LogP contribution in [0.15, 0.2) is 49.1 Å². The number of rotatable bonds is 6. The van der Waals surface area contributed by atoms with Crippen molar-refractivity contribution >= 4 is 34.1 Å². The van der Waals surface area contributed by atoms with E-state index in [1.807, 2.05) is 42.2 Å². The van der Waals surface area contributed by atoms with Crippen molar-refractivity contribution < 1.29 is 9.53 Å². The van der Waals surface area contributed by atoms with Crippen LogP contribution in [-0.4, -0.2) is 76.3 Å². The van der Waals surface area contributed by atoms with Crippen molar-refractivity contribution in [3.05, 3.63) is 60.2 Å². The number of pyridine rings is 3. The van der Waals surface area contributed by atoms with E-state index < -0.39 is 0 Å². The summed E-state index contributed by atoms with van der Waals surface area (Å²) in [6, 6.07) is 8.12. The molecule has 0 saturated carbocycles. The van der Waals surface area contributed by atoms with E-state index in [-0.39, 0.29) is 5.91 Å². The Bertz CT molecular complexity index is 1540. The lowest BCUT2D eigenvalue weighted by molar-refractivity contribution is 0.0296. The number of fused-ring (bicyclic) bond motifs is 2. The molecule has 1 amide bonds. The Morgan fingerprint density at radius 1 is 1.07 bits per heavy atom. The monoisotopic (exact) mass is 538 g/mol. The average molecular weight is 539 g/mol. The Hall–Kier alpha value is -4.02. The molecule has 206 valence electrons. The van der Waals surface area contributed by atoms with Crippen LogP contribution in [0.1, 0.15) is 28.8 Å². The summed E-state index contributed by atoms with van der Waals surface area (Å²) in [7, 11) is 1.97. The molecule has 4 aromatic rings. The van der Waals surface area contributed by atoms with E-state index >= 15 is 0 Å². The normalized spacial score (nSPS) is 19.6. The van der Waals surface area contributed by atoms with Crippen LogP contribution in [0.5, 0.6) is 0 Å². The first-order chi connectivity index (χ1) is 19.6. The maximum atomic E-state index is 12.9. The second-order valence-corrected chi connectivity index (χ2v) is 11.0. The second kappa shape index (κ2) is 10.5. The van der Waals surface area contributed by atoms with Crippen molar-refractivity contribution in [2.45, 2.75) is 19.4 Å². The molecule has 0 bridgehead atoms. The minimum Gasteiger partial charge on any atom is -0.379 e. The molecular formula is C30H34N8O2. The Morgan fingerprint density at radius 2 is 1.98 bits per heavy atom. The fourth-order valence-corrected chi connectivity index (χ4v) is 6.32. The van der Waals surface area contributed by atoms with Crippen LogP contribution in [0.25, 0.3) is 22.3 Å². The summed E-state index contributed by atoms with van der Waals surface area (Å²) >= 11 is 0. The molecule has 7 rings (SSSR count). The van der Waals surface area contributed by atoms with E-state index in [4.69, 9.17) is 14.7 Å². The number of piperidine rings is 1. The maximum absolute atomic E-state index is 12.9. The molecule has 2 saturated heterocycles. The van der Waals surface area contributed by atoms with E-state index in [9.17, 15) is 4.79 Å². The molecule has 0 spiro atoms. The first kappa shape index (κ1) is 25.0. The van der Waals surface area contributed by atoms with Crippen LogP contribution >= 0.6 is 0 Å². The zero-order valence-corrected chi connectivity index (χ0v) is 22.8. The molecule has 10 nitrogen and oxygen atoms in total. The number of hydrogen-bond donors (Lipinski definition) is 2. The van der Waals surface area contributed by atoms with Gasteiger partial charge in [-0.1, -0.05) is 0 Å². The minimum absolute atomic E-state index is 0.101. The zero-order chi connectivity index (χ0) is 27.1. The predicted octanol–water partition coefficient (Wildman–Crippen LogP) is 3.57. The molecule has 4 aromatic heterocycles. The van der Waals surface area contributed by atoms with Crippen molar-refractivity contribution in [3.63, 3.8) is 0 Å². The van der Waals surface area contributed by atoms with Gasteiger partial charge in [-0.3, -0.25) is 14.7 Å². The number of aromatic nitrogens is 4. The summed E-state index contributed by atoms with van der Waals surface area (Å²) in [5, 5.41) is 7.36. The Kier molecular flexibility index (Phi) is 6.57. The van der Waals surface area contributed by atoms with Crippen molar-refractivity contribution in [1.82, 2.24) is 29.7 Å². The first-order valence-electron chi connectivity index (χ1n) is 14.1. The van der Waals surface area contributed by atoms with Gasteiger partial charge >= 0.3 is 0 Å². The minimum atomic E-state index is -0.101. The number of nitrogens with one attached hydrogen (secondary N) is 2. The third kappa shape index (κ3) is 4.67. The van der Waals surface area contributed by atoms with Gasteiger partial charge in [-0.25, -0.2) is 9.97 Å². The van der Waals surface area contributed by atoms with Gasteiger partial charge in [-0.2, -0.15) is 0 Å². The quantitative estimate of drug-likeness (QED) is 0.384. The number of amides is 1. The number of carbonyl (C=O) groups is 1. The first-order valence-corrected chi connectivity index (χ1v) is 14.1. The van der Waals surface area contributed by atoms with E-state index in [0.717, 1.165) is 79.5 Å². The lowest BCUT2D eigenvalue weighted by atomic mass is 9.97. The van der Waals surface area contributed by atoms with Crippen LogP contribution in [0.2, 0.25) is 0 Å². The lowest BCUT2D eigenvalue weighted by Gasteiger charge is -2.37. The van der Waals surface area contributed by atoms with Crippen LogP contribution < -0.4 is 15.5 Å². The summed E-state index contributed by atoms with van der Waals surface area (Å²) in [6.45, 7) is 7.45. The molecular weight excluding hydrogens is 504 g/mol. The van der Waals surface area contributed by atoms with Crippen molar-refractivity contribution in [3.8, 4) is 11.3 Å². The molecule has 3 aliphatic heterocycles. The number of aryl methyl sites for hydroxylation is 1. The molecule has 2 N–H and O–H groups in total. The van der Waals surface area contributed by atoms with Gasteiger partial charge in [0.1, 0.15) is 11.5 Å². The highest BCUT2D eigenvalue weighted by atomic mass is 16.5. The number of anilines is 3. The fraction of sp³-hybridized carbons (Fsp3) is 0.400. The number of carbonyl (C=O) groups excluding carboxylic acids is 1. The molecule has 0 aromatic carbocycles. The number of nitrogens with zero attached hydrogens (tertiary/aromatic N) is 6. The van der Waals surface area contributed by atoms with Crippen LogP contribution in [0, 0.1) is 5.92 Å². The highest BCUT2D eigenvalue weighted by Crippen LogP contribution is 2.36. The van der Waals surface area contributed by atoms with Gasteiger partial charge < -0.3 is 24.8 Å². The third-order valence-electron chi connectivity index (χ3n) is 8.37. The van der Waals surface area contributed by atoms with Crippen molar-refractivity contribution in [2.75, 3.05) is 56.2 Å². The number of ether oxygens (including phenoxy) is 1. The Morgan fingerprint density at radius 3 is 2.83 bits per heavy atom. The van der Waals surface area contributed by atoms with E-state index in [1.165, 1.54) is 12.8 Å². The molecule has 0 radical (unpaired) electrons. The standard InChI is InChI=1S/C30H34N8O2/c1-36-10-7-23-22(6-8-31-29(23)36)28-24-16-34-30(39)27(24)25(17-33-28)35-26-5-4-21(15-32-26)38-9-2-3-20(19-38)18-37-11-13-40-14-12-37/h4-8,10,15,17,20H,2-3,9,11-14,16,18-19H2,1H3,(H,32,35)(H,34,39). The summed E-state index contributed by atoms with van der Waals surface area (Å²) in [6.07, 6.45) is 9.92. The van der Waals surface area contributed by atoms with Gasteiger partial charge in [0.25, 0.3) is 5.91 Å². The van der Waals surface area contributed by atoms with E-state index in [2.05, 4.69) is 31.5 Å². The summed E-state index contributed by atoms with van der Waals surface area (Å²) in [4.78, 5) is 31.9. The smallest absolute Gasteiger partial charge is 0.254 e. The second-order valence-electron chi connectivity index (χ2n) is 11.0. The van der Waals surface area contributed by atoms with Gasteiger partial charge in [0.05, 0.1) is 48.2 Å². The van der Waals surface area contributed by atoms with Gasteiger partial charge in [-0.15, -0.1) is 0 Å². The summed E-state index contributed by atoms with van der Waals surface area (Å²) < 4.78 is 7.50. The van der Waals surface area contributed by atoms with Gasteiger partial charge in [0, 0.05) is 75.2 Å². The maximum Gasteiger partial charge on any atom is 0.254 e. The third-order valence-corrected chi connectivity index (χ3v) is 8.37. The lowest BCUT2D eigenvalue weighted by Crippen LogP contribution is -2.44. The van der Waals surface area contributed by atoms with E-state index in [1.54, 1.807) is 12.4 Å². The molecule has 3 aliphatic rings. The topological polar surface area (TPSA) is 100 Å². The molecule has 1 atom stereocenters. The Balaban J connectivity index is 1.10. The van der Waals surface area contributed by atoms with Gasteiger partial charge in [-0.05, 0) is 43.0 Å². The predicted molar refractivity (Wildman–Crippen MR) is 155 cm³/mol. The highest BCUT2D eigenvalue weighted by molar-refractivity contribution is 6.06. The zero-order valence-electron chi connectivity index (χ0n) is 22.8. The van der Waals surface area contributed by atoms with Crippen LogP contribution in [-0.2, 0) is 18.3 Å². The largest absolute Gasteiger partial charge is 0.379 e. The number of hydrogen-bond acceptors (Lipinski definition) is 8. The molecule has 0 aliphatic carbocycles. The molecule has 7 heterocycles. The van der Waals surface area contributed by atoms with E-state index in [0.29, 0.717) is 29.5 Å². The van der Waals surface area contributed by atoms with Crippen molar-refractivity contribution in [2.24, 2.45) is 13.0 Å².